The second-order valence-electron chi connectivity index (χ2n) is 2.24. The van der Waals surface area contributed by atoms with Gasteiger partial charge in [-0.3, -0.25) is 5.41 Å². The molecular weight excluding hydrogens is 150 g/mol. The summed E-state index contributed by atoms with van der Waals surface area (Å²) in [7, 11) is 0. The summed E-state index contributed by atoms with van der Waals surface area (Å²) in [4.78, 5) is 0. The summed E-state index contributed by atoms with van der Waals surface area (Å²) < 4.78 is 0. The van der Waals surface area contributed by atoms with Gasteiger partial charge in [0.2, 0.25) is 0 Å². The van der Waals surface area contributed by atoms with Gasteiger partial charge in [-0.1, -0.05) is 11.6 Å². The minimum atomic E-state index is 0.0824. The van der Waals surface area contributed by atoms with Gasteiger partial charge in [-0.05, 0) is 13.0 Å². The molecule has 4 N–H and O–H groups in total. The number of hydrogen-bond donors (Lipinski definition) is 3. The summed E-state index contributed by atoms with van der Waals surface area (Å²) in [6.07, 6.45) is 0.772. The molecule has 10 heavy (non-hydrogen) atoms. The predicted molar refractivity (Wildman–Crippen MR) is 42.3 cm³/mol. The van der Waals surface area contributed by atoms with Crippen LogP contribution in [0.3, 0.4) is 0 Å². The molecule has 0 aromatic rings. The van der Waals surface area contributed by atoms with Gasteiger partial charge in [-0.15, -0.1) is 0 Å². The Morgan fingerprint density at radius 1 is 1.70 bits per heavy atom. The second-order valence-corrected chi connectivity index (χ2v) is 2.62. The van der Waals surface area contributed by atoms with Crippen LogP contribution in [0, 0.1) is 5.41 Å². The maximum absolute atomic E-state index is 7.12. The fourth-order valence-corrected chi connectivity index (χ4v) is 1.17. The Morgan fingerprint density at radius 3 is 2.80 bits per heavy atom. The number of rotatable bonds is 1. The number of hydrogen-bond acceptors (Lipinski definition) is 3. The summed E-state index contributed by atoms with van der Waals surface area (Å²) in [5.74, 6) is 0. The van der Waals surface area contributed by atoms with Crippen LogP contribution in [0.2, 0.25) is 0 Å². The maximum Gasteiger partial charge on any atom is 0.125 e. The number of nitrogens with two attached hydrogens (primary N) is 1. The van der Waals surface area contributed by atoms with E-state index in [1.165, 1.54) is 0 Å². The normalized spacial score (nSPS) is 19.3. The quantitative estimate of drug-likeness (QED) is 0.486. The summed E-state index contributed by atoms with van der Waals surface area (Å²) in [5, 5.41) is 10.3. The Bertz CT molecular complexity index is 185. The third kappa shape index (κ3) is 1.49. The molecule has 1 rings (SSSR count). The summed E-state index contributed by atoms with van der Waals surface area (Å²) >= 11 is 5.47. The molecule has 3 nitrogen and oxygen atoms in total. The van der Waals surface area contributed by atoms with Gasteiger partial charge in [0, 0.05) is 17.8 Å². The van der Waals surface area contributed by atoms with Crippen LogP contribution < -0.4 is 11.1 Å². The zero-order chi connectivity index (χ0) is 7.56. The van der Waals surface area contributed by atoms with Crippen LogP contribution in [0.5, 0.6) is 0 Å². The minimum Gasteiger partial charge on any atom is -0.401 e. The van der Waals surface area contributed by atoms with Gasteiger partial charge < -0.3 is 11.1 Å². The van der Waals surface area contributed by atoms with E-state index in [1.807, 2.05) is 0 Å². The van der Waals surface area contributed by atoms with E-state index in [2.05, 4.69) is 5.32 Å². The molecule has 56 valence electrons. The Kier molecular flexibility index (Phi) is 2.29. The largest absolute Gasteiger partial charge is 0.401 e. The standard InChI is InChI=1S/C6H10ClN3/c7-6(9)4-1-2-10-3-5(4)8/h9-10H,1-3,8H2. The first-order valence-corrected chi connectivity index (χ1v) is 3.52. The monoisotopic (exact) mass is 159 g/mol. The minimum absolute atomic E-state index is 0.0824. The highest BCUT2D eigenvalue weighted by Gasteiger charge is 2.11. The lowest BCUT2D eigenvalue weighted by Crippen LogP contribution is -2.30. The van der Waals surface area contributed by atoms with Crippen molar-refractivity contribution in [2.75, 3.05) is 13.1 Å². The van der Waals surface area contributed by atoms with E-state index in [4.69, 9.17) is 22.7 Å². The Morgan fingerprint density at radius 2 is 2.40 bits per heavy atom. The fraction of sp³-hybridized carbons (Fsp3) is 0.500. The van der Waals surface area contributed by atoms with E-state index in [0.717, 1.165) is 18.5 Å². The first-order chi connectivity index (χ1) is 4.72. The summed E-state index contributed by atoms with van der Waals surface area (Å²) in [6.45, 7) is 1.52. The van der Waals surface area contributed by atoms with Crippen molar-refractivity contribution >= 4 is 16.8 Å². The average Bonchev–Trinajstić information content (AvgIpc) is 1.88. The van der Waals surface area contributed by atoms with Crippen molar-refractivity contribution in [2.45, 2.75) is 6.42 Å². The van der Waals surface area contributed by atoms with E-state index in [1.54, 1.807) is 0 Å². The van der Waals surface area contributed by atoms with Gasteiger partial charge in [0.15, 0.2) is 0 Å². The van der Waals surface area contributed by atoms with Gasteiger partial charge in [0.05, 0.1) is 0 Å². The topological polar surface area (TPSA) is 61.9 Å². The van der Waals surface area contributed by atoms with Crippen LogP contribution in [-0.2, 0) is 0 Å². The SMILES string of the molecule is N=C(Cl)C1=C(N)CNCC1. The molecule has 0 aromatic heterocycles. The van der Waals surface area contributed by atoms with Crippen LogP contribution in [0.1, 0.15) is 6.42 Å². The maximum atomic E-state index is 7.12. The van der Waals surface area contributed by atoms with E-state index < -0.39 is 0 Å². The molecule has 1 aliphatic heterocycles. The van der Waals surface area contributed by atoms with Gasteiger partial charge in [0.25, 0.3) is 0 Å². The molecule has 4 heteroatoms. The summed E-state index contributed by atoms with van der Waals surface area (Å²) in [5.41, 5.74) is 7.06. The highest BCUT2D eigenvalue weighted by molar-refractivity contribution is 6.68. The van der Waals surface area contributed by atoms with Crippen LogP contribution in [0.4, 0.5) is 0 Å². The van der Waals surface area contributed by atoms with Crippen molar-refractivity contribution in [3.8, 4) is 0 Å². The zero-order valence-electron chi connectivity index (χ0n) is 5.58. The summed E-state index contributed by atoms with van der Waals surface area (Å²) in [6, 6.07) is 0. The van der Waals surface area contributed by atoms with Crippen LogP contribution in [0.25, 0.3) is 0 Å². The van der Waals surface area contributed by atoms with E-state index >= 15 is 0 Å². The van der Waals surface area contributed by atoms with Crippen LogP contribution in [0.15, 0.2) is 11.3 Å². The van der Waals surface area contributed by atoms with Crippen molar-refractivity contribution in [2.24, 2.45) is 5.73 Å². The van der Waals surface area contributed by atoms with Crippen molar-refractivity contribution in [1.82, 2.24) is 5.32 Å². The van der Waals surface area contributed by atoms with Gasteiger partial charge >= 0.3 is 0 Å². The van der Waals surface area contributed by atoms with Crippen molar-refractivity contribution in [3.05, 3.63) is 11.3 Å². The molecule has 0 spiro atoms. The number of halogens is 1. The first-order valence-electron chi connectivity index (χ1n) is 3.14. The predicted octanol–water partition coefficient (Wildman–Crippen LogP) is 0.409. The van der Waals surface area contributed by atoms with Gasteiger partial charge in [-0.2, -0.15) is 0 Å². The zero-order valence-corrected chi connectivity index (χ0v) is 6.33. The smallest absolute Gasteiger partial charge is 0.125 e. The third-order valence-corrected chi connectivity index (χ3v) is 1.75. The molecule has 0 fully saturated rings. The van der Waals surface area contributed by atoms with Crippen LogP contribution in [-0.4, -0.2) is 18.3 Å². The molecule has 0 aliphatic carbocycles. The van der Waals surface area contributed by atoms with Gasteiger partial charge in [-0.25, -0.2) is 0 Å². The Labute approximate surface area is 64.7 Å². The molecule has 1 aliphatic rings. The lowest BCUT2D eigenvalue weighted by molar-refractivity contribution is 0.686. The second kappa shape index (κ2) is 3.03. The highest BCUT2D eigenvalue weighted by atomic mass is 35.5. The molecule has 1 heterocycles. The molecule has 0 radical (unpaired) electrons. The molecule has 0 saturated carbocycles. The lowest BCUT2D eigenvalue weighted by atomic mass is 10.1. The third-order valence-electron chi connectivity index (χ3n) is 1.52. The Hall–Kier alpha value is -0.540. The van der Waals surface area contributed by atoms with E-state index in [-0.39, 0.29) is 5.17 Å². The molecule has 0 aromatic carbocycles. The van der Waals surface area contributed by atoms with E-state index in [9.17, 15) is 0 Å². The first kappa shape index (κ1) is 7.57. The highest BCUT2D eigenvalue weighted by Crippen LogP contribution is 2.11. The van der Waals surface area contributed by atoms with E-state index in [0.29, 0.717) is 12.2 Å². The molecule has 0 bridgehead atoms. The van der Waals surface area contributed by atoms with Crippen molar-refractivity contribution in [3.63, 3.8) is 0 Å². The molecule has 0 amide bonds. The fourth-order valence-electron chi connectivity index (χ4n) is 0.954. The Balaban J connectivity index is 2.78. The van der Waals surface area contributed by atoms with Gasteiger partial charge in [0.1, 0.15) is 5.17 Å². The molecule has 0 saturated heterocycles. The van der Waals surface area contributed by atoms with Crippen molar-refractivity contribution < 1.29 is 0 Å². The molecular formula is C6H10ClN3. The lowest BCUT2D eigenvalue weighted by Gasteiger charge is -2.16. The molecule has 0 unspecified atom stereocenters. The van der Waals surface area contributed by atoms with Crippen LogP contribution >= 0.6 is 11.6 Å². The number of nitrogens with one attached hydrogen (secondary N) is 2. The molecule has 0 atom stereocenters. The average molecular weight is 160 g/mol. The van der Waals surface area contributed by atoms with Crippen molar-refractivity contribution in [1.29, 1.82) is 5.41 Å².